The number of imide groups is 1. The number of pyridine rings is 1. The highest BCUT2D eigenvalue weighted by molar-refractivity contribution is 6.33. The number of aryl methyl sites for hydroxylation is 1. The van der Waals surface area contributed by atoms with Crippen LogP contribution in [0, 0.1) is 5.92 Å². The molecule has 2 aliphatic heterocycles. The Morgan fingerprint density at radius 3 is 2.30 bits per heavy atom. The summed E-state index contributed by atoms with van der Waals surface area (Å²) >= 11 is 6.54. The van der Waals surface area contributed by atoms with Crippen molar-refractivity contribution in [3.05, 3.63) is 69.1 Å². The van der Waals surface area contributed by atoms with Gasteiger partial charge < -0.3 is 40.2 Å². The number of rotatable bonds is 25. The third-order valence-electron chi connectivity index (χ3n) is 12.1. The Hall–Kier alpha value is -6.40. The molecule has 0 spiro atoms. The van der Waals surface area contributed by atoms with Crippen LogP contribution in [0.15, 0.2) is 47.4 Å². The number of ketones is 2. The van der Waals surface area contributed by atoms with E-state index in [1.807, 2.05) is 25.9 Å². The molecule has 69 heavy (non-hydrogen) atoms. The van der Waals surface area contributed by atoms with E-state index in [1.54, 1.807) is 43.4 Å². The first-order valence-electron chi connectivity index (χ1n) is 23.7. The lowest BCUT2D eigenvalue weighted by molar-refractivity contribution is -0.125. The molecule has 4 heterocycles. The van der Waals surface area contributed by atoms with Crippen LogP contribution in [-0.4, -0.2) is 115 Å². The maximum Gasteiger partial charge on any atom is 0.293 e. The SMILES string of the molecule is CCCC(=O)CCC(C(C)=O)N1C(=O)c2cccc(NCCCCCCCCNC(=O)C3CCN(c4ncc(Cl)c(Nc5cc(OC)c6c(c5)cc(OCC=O)c(=O)n6C)n4)CC3)c2C1=O.CNC. The molecule has 0 radical (unpaired) electrons. The van der Waals surface area contributed by atoms with Gasteiger partial charge in [0.05, 0.1) is 36.0 Å². The molecule has 2 aliphatic rings. The maximum absolute atomic E-state index is 13.5. The fourth-order valence-electron chi connectivity index (χ4n) is 8.58. The smallest absolute Gasteiger partial charge is 0.293 e. The number of hydrogen-bond acceptors (Lipinski definition) is 15. The summed E-state index contributed by atoms with van der Waals surface area (Å²) in [7, 11) is 6.86. The number of methoxy groups -OCH3 is 1. The fraction of sp³-hybridized carbons (Fsp3) is 0.500. The zero-order valence-corrected chi connectivity index (χ0v) is 41.3. The number of ether oxygens (including phenoxy) is 2. The Labute approximate surface area is 408 Å². The number of amides is 3. The third kappa shape index (κ3) is 13.9. The molecular weight excluding hydrogens is 906 g/mol. The number of unbranched alkanes of at least 4 members (excludes halogenated alkanes) is 5. The van der Waals surface area contributed by atoms with Gasteiger partial charge in [0.1, 0.15) is 23.2 Å². The van der Waals surface area contributed by atoms with Crippen molar-refractivity contribution in [2.24, 2.45) is 13.0 Å². The molecule has 1 atom stereocenters. The molecular formula is C50H66ClN9O9. The molecule has 1 fully saturated rings. The third-order valence-corrected chi connectivity index (χ3v) is 12.4. The number of carbonyl (C=O) groups is 6. The lowest BCUT2D eigenvalue weighted by atomic mass is 9.96. The van der Waals surface area contributed by atoms with E-state index in [0.717, 1.165) is 43.4 Å². The quantitative estimate of drug-likeness (QED) is 0.0311. The second-order valence-electron chi connectivity index (χ2n) is 17.2. The van der Waals surface area contributed by atoms with Gasteiger partial charge in [0, 0.05) is 74.8 Å². The largest absolute Gasteiger partial charge is 0.494 e. The summed E-state index contributed by atoms with van der Waals surface area (Å²) < 4.78 is 12.4. The number of Topliss-reactive ketones (excluding diaryl/α,β-unsaturated/α-hetero) is 2. The van der Waals surface area contributed by atoms with Gasteiger partial charge in [-0.3, -0.25) is 38.5 Å². The topological polar surface area (TPSA) is 223 Å². The standard InChI is InChI=1S/C48H59ClN8O9.C2H7N/c1-5-13-34(60)16-17-38(30(2)59)57-45(62)35-14-12-15-37(41(35)47(57)64)50-20-10-8-6-7-9-11-21-51-44(61)31-18-22-56(23-19-31)48-52-29-36(49)43(54-48)53-33-26-32-27-40(66-25-24-58)46(63)55(3)42(32)39(28-33)65-4;1-3-2/h12,14-15,24,26-29,31,38,50H,5-11,13,16-23,25H2,1-4H3,(H,51,61)(H,52,53,54);3H,1-2H3. The molecule has 0 aliphatic carbocycles. The summed E-state index contributed by atoms with van der Waals surface area (Å²) in [5.41, 5.74) is 1.84. The zero-order chi connectivity index (χ0) is 50.0. The molecule has 372 valence electrons. The minimum absolute atomic E-state index is 0.0117. The summed E-state index contributed by atoms with van der Waals surface area (Å²) in [5, 5.41) is 13.4. The van der Waals surface area contributed by atoms with Crippen molar-refractivity contribution in [2.75, 3.05) is 69.5 Å². The van der Waals surface area contributed by atoms with Gasteiger partial charge in [-0.05, 0) is 83.8 Å². The molecule has 19 heteroatoms. The zero-order valence-electron chi connectivity index (χ0n) is 40.6. The molecule has 2 aromatic carbocycles. The van der Waals surface area contributed by atoms with Gasteiger partial charge in [0.25, 0.3) is 17.4 Å². The Morgan fingerprint density at radius 2 is 1.64 bits per heavy atom. The molecule has 1 unspecified atom stereocenters. The lowest BCUT2D eigenvalue weighted by Gasteiger charge is -2.31. The Morgan fingerprint density at radius 1 is 0.942 bits per heavy atom. The monoisotopic (exact) mass is 971 g/mol. The number of halogens is 1. The first-order valence-corrected chi connectivity index (χ1v) is 24.1. The van der Waals surface area contributed by atoms with Gasteiger partial charge in [-0.15, -0.1) is 0 Å². The van der Waals surface area contributed by atoms with Gasteiger partial charge in [0.15, 0.2) is 23.6 Å². The summed E-state index contributed by atoms with van der Waals surface area (Å²) in [6.07, 6.45) is 10.5. The van der Waals surface area contributed by atoms with Crippen LogP contribution in [0.1, 0.15) is 112 Å². The number of nitrogens with one attached hydrogen (secondary N) is 4. The van der Waals surface area contributed by atoms with Crippen LogP contribution in [0.2, 0.25) is 5.02 Å². The van der Waals surface area contributed by atoms with E-state index >= 15 is 0 Å². The number of anilines is 4. The van der Waals surface area contributed by atoms with E-state index in [2.05, 4.69) is 26.3 Å². The van der Waals surface area contributed by atoms with Crippen molar-refractivity contribution in [3.8, 4) is 11.5 Å². The maximum atomic E-state index is 13.5. The van der Waals surface area contributed by atoms with Crippen LogP contribution in [0.5, 0.6) is 11.5 Å². The predicted molar refractivity (Wildman–Crippen MR) is 267 cm³/mol. The van der Waals surface area contributed by atoms with Gasteiger partial charge in [-0.2, -0.15) is 4.98 Å². The number of carbonyl (C=O) groups excluding carboxylic acids is 6. The van der Waals surface area contributed by atoms with E-state index in [-0.39, 0.29) is 59.7 Å². The molecule has 18 nitrogen and oxygen atoms in total. The lowest BCUT2D eigenvalue weighted by Crippen LogP contribution is -2.44. The van der Waals surface area contributed by atoms with E-state index in [4.69, 9.17) is 26.1 Å². The highest BCUT2D eigenvalue weighted by atomic mass is 35.5. The molecule has 4 aromatic rings. The van der Waals surface area contributed by atoms with Gasteiger partial charge in [-0.25, -0.2) is 4.98 Å². The summed E-state index contributed by atoms with van der Waals surface area (Å²) in [5.74, 6) is -0.0620. The van der Waals surface area contributed by atoms with Crippen LogP contribution in [-0.2, 0) is 26.2 Å². The normalized spacial score (nSPS) is 13.9. The van der Waals surface area contributed by atoms with Crippen molar-refractivity contribution >= 4 is 81.2 Å². The fourth-order valence-corrected chi connectivity index (χ4v) is 8.72. The highest BCUT2D eigenvalue weighted by Crippen LogP contribution is 2.35. The molecule has 0 bridgehead atoms. The number of nitrogens with zero attached hydrogens (tertiary/aromatic N) is 5. The average Bonchev–Trinajstić information content (AvgIpc) is 3.59. The number of benzene rings is 2. The molecule has 4 N–H and O–H groups in total. The van der Waals surface area contributed by atoms with Crippen LogP contribution in [0.4, 0.5) is 23.1 Å². The summed E-state index contributed by atoms with van der Waals surface area (Å²) in [4.78, 5) is 101. The van der Waals surface area contributed by atoms with Gasteiger partial charge in [-0.1, -0.05) is 50.3 Å². The molecule has 2 aromatic heterocycles. The second-order valence-corrected chi connectivity index (χ2v) is 17.6. The number of aldehydes is 1. The summed E-state index contributed by atoms with van der Waals surface area (Å²) in [6.45, 7) is 5.42. The van der Waals surface area contributed by atoms with Crippen molar-refractivity contribution in [1.82, 2.24) is 30.1 Å². The second kappa shape index (κ2) is 26.4. The van der Waals surface area contributed by atoms with E-state index < -0.39 is 23.4 Å². The predicted octanol–water partition coefficient (Wildman–Crippen LogP) is 6.64. The number of hydrogen-bond donors (Lipinski definition) is 4. The Bertz CT molecular complexity index is 2530. The average molecular weight is 973 g/mol. The van der Waals surface area contributed by atoms with Crippen LogP contribution < -0.4 is 41.2 Å². The van der Waals surface area contributed by atoms with E-state index in [9.17, 15) is 33.6 Å². The van der Waals surface area contributed by atoms with E-state index in [0.29, 0.717) is 103 Å². The van der Waals surface area contributed by atoms with Crippen molar-refractivity contribution in [2.45, 2.75) is 96.9 Å². The summed E-state index contributed by atoms with van der Waals surface area (Å²) in [6, 6.07) is 9.22. The van der Waals surface area contributed by atoms with Crippen LogP contribution >= 0.6 is 11.6 Å². The number of piperidine rings is 1. The Kier molecular flexibility index (Phi) is 20.5. The highest BCUT2D eigenvalue weighted by Gasteiger charge is 2.43. The first kappa shape index (κ1) is 53.6. The van der Waals surface area contributed by atoms with Crippen molar-refractivity contribution in [3.63, 3.8) is 0 Å². The van der Waals surface area contributed by atoms with Crippen molar-refractivity contribution in [1.29, 1.82) is 0 Å². The molecule has 3 amide bonds. The molecule has 6 rings (SSSR count). The van der Waals surface area contributed by atoms with Gasteiger partial charge >= 0.3 is 0 Å². The van der Waals surface area contributed by atoms with Gasteiger partial charge in [0.2, 0.25) is 11.9 Å². The van der Waals surface area contributed by atoms with Crippen LogP contribution in [0.25, 0.3) is 10.9 Å². The number of fused-ring (bicyclic) bond motifs is 2. The van der Waals surface area contributed by atoms with E-state index in [1.165, 1.54) is 24.8 Å². The van der Waals surface area contributed by atoms with Crippen molar-refractivity contribution < 1.29 is 38.2 Å². The minimum Gasteiger partial charge on any atom is -0.494 e. The molecule has 0 saturated carbocycles. The number of aromatic nitrogens is 3. The Balaban J connectivity index is 0.00000288. The minimum atomic E-state index is -0.972. The first-order chi connectivity index (χ1) is 33.3. The molecule has 1 saturated heterocycles. The van der Waals surface area contributed by atoms with Crippen LogP contribution in [0.3, 0.4) is 0 Å².